The van der Waals surface area contributed by atoms with Crippen LogP contribution in [-0.4, -0.2) is 41.0 Å². The Labute approximate surface area is 183 Å². The predicted octanol–water partition coefficient (Wildman–Crippen LogP) is 3.99. The molecule has 0 bridgehead atoms. The summed E-state index contributed by atoms with van der Waals surface area (Å²) in [6.07, 6.45) is 0.659. The number of carbonyl (C=O) groups excluding carboxylic acids is 2. The Morgan fingerprint density at radius 1 is 1.13 bits per heavy atom. The van der Waals surface area contributed by atoms with Gasteiger partial charge in [0.25, 0.3) is 5.91 Å². The number of likely N-dealkylation sites (tertiary alicyclic amines) is 1. The molecule has 6 heteroatoms. The molecule has 1 saturated heterocycles. The van der Waals surface area contributed by atoms with Crippen molar-refractivity contribution in [2.45, 2.75) is 45.3 Å². The number of hydrogen-bond donors (Lipinski definition) is 2. The lowest BCUT2D eigenvalue weighted by Crippen LogP contribution is -2.57. The number of benzene rings is 2. The Morgan fingerprint density at radius 3 is 2.37 bits per heavy atom. The molecule has 2 aromatic carbocycles. The monoisotopic (exact) mass is 428 g/mol. The smallest absolute Gasteiger partial charge is 0.251 e. The number of amides is 2. The molecule has 2 aromatic rings. The molecule has 1 aliphatic heterocycles. The van der Waals surface area contributed by atoms with Gasteiger partial charge < -0.3 is 15.3 Å². The second-order valence-corrected chi connectivity index (χ2v) is 9.20. The van der Waals surface area contributed by atoms with Gasteiger partial charge in [0.1, 0.15) is 0 Å². The molecule has 0 aliphatic carbocycles. The van der Waals surface area contributed by atoms with E-state index in [1.807, 2.05) is 51.1 Å². The standard InChI is InChI=1S/C24H29ClN2O3/c1-17(26-22(29)18-7-5-4-6-8-18)15-21(28)27-14-13-24(30,23(2,3)16-27)19-9-11-20(25)12-10-19/h4-12,17,30H,13-16H2,1-3H3,(H,26,29)/t17-,24+/m1/s1. The van der Waals surface area contributed by atoms with Crippen LogP contribution >= 0.6 is 11.6 Å². The fourth-order valence-corrected chi connectivity index (χ4v) is 4.26. The summed E-state index contributed by atoms with van der Waals surface area (Å²) >= 11 is 5.99. The SMILES string of the molecule is C[C@H](CC(=O)N1CC[C@](O)(c2ccc(Cl)cc2)C(C)(C)C1)NC(=O)c1ccccc1. The molecule has 0 aromatic heterocycles. The van der Waals surface area contributed by atoms with E-state index in [0.717, 1.165) is 5.56 Å². The Kier molecular flexibility index (Phi) is 6.53. The Balaban J connectivity index is 1.62. The molecule has 0 unspecified atom stereocenters. The van der Waals surface area contributed by atoms with Crippen molar-refractivity contribution in [2.75, 3.05) is 13.1 Å². The summed E-state index contributed by atoms with van der Waals surface area (Å²) in [5.74, 6) is -0.214. The van der Waals surface area contributed by atoms with E-state index in [4.69, 9.17) is 11.6 Å². The van der Waals surface area contributed by atoms with E-state index in [1.165, 1.54) is 0 Å². The van der Waals surface area contributed by atoms with Crippen molar-refractivity contribution in [1.29, 1.82) is 0 Å². The minimum absolute atomic E-state index is 0.0258. The van der Waals surface area contributed by atoms with Gasteiger partial charge in [-0.2, -0.15) is 0 Å². The number of hydrogen-bond acceptors (Lipinski definition) is 3. The van der Waals surface area contributed by atoms with Gasteiger partial charge in [0.15, 0.2) is 0 Å². The van der Waals surface area contributed by atoms with Gasteiger partial charge in [0, 0.05) is 41.6 Å². The number of nitrogens with one attached hydrogen (secondary N) is 1. The van der Waals surface area contributed by atoms with Crippen molar-refractivity contribution in [3.05, 3.63) is 70.7 Å². The molecule has 5 nitrogen and oxygen atoms in total. The second kappa shape index (κ2) is 8.78. The highest BCUT2D eigenvalue weighted by molar-refractivity contribution is 6.30. The van der Waals surface area contributed by atoms with Crippen LogP contribution in [0.4, 0.5) is 0 Å². The number of nitrogens with zero attached hydrogens (tertiary/aromatic N) is 1. The lowest BCUT2D eigenvalue weighted by atomic mass is 9.66. The largest absolute Gasteiger partial charge is 0.384 e. The molecule has 160 valence electrons. The molecule has 2 N–H and O–H groups in total. The van der Waals surface area contributed by atoms with Crippen LogP contribution in [0.3, 0.4) is 0 Å². The first-order valence-electron chi connectivity index (χ1n) is 10.2. The number of carbonyl (C=O) groups is 2. The number of halogens is 1. The van der Waals surface area contributed by atoms with Gasteiger partial charge in [-0.1, -0.05) is 55.8 Å². The van der Waals surface area contributed by atoms with E-state index in [1.54, 1.807) is 29.2 Å². The van der Waals surface area contributed by atoms with E-state index in [9.17, 15) is 14.7 Å². The lowest BCUT2D eigenvalue weighted by molar-refractivity contribution is -0.153. The molecule has 3 rings (SSSR count). The minimum Gasteiger partial charge on any atom is -0.384 e. The van der Waals surface area contributed by atoms with Crippen molar-refractivity contribution >= 4 is 23.4 Å². The minimum atomic E-state index is -1.04. The maximum atomic E-state index is 12.9. The molecule has 2 amide bonds. The molecular weight excluding hydrogens is 400 g/mol. The first kappa shape index (κ1) is 22.3. The van der Waals surface area contributed by atoms with Gasteiger partial charge >= 0.3 is 0 Å². The fraction of sp³-hybridized carbons (Fsp3) is 0.417. The van der Waals surface area contributed by atoms with Crippen molar-refractivity contribution < 1.29 is 14.7 Å². The maximum Gasteiger partial charge on any atom is 0.251 e. The molecule has 1 fully saturated rings. The van der Waals surface area contributed by atoms with Crippen LogP contribution in [0, 0.1) is 5.41 Å². The summed E-state index contributed by atoms with van der Waals surface area (Å²) in [7, 11) is 0. The molecule has 0 saturated carbocycles. The van der Waals surface area contributed by atoms with Crippen LogP contribution in [-0.2, 0) is 10.4 Å². The highest BCUT2D eigenvalue weighted by Crippen LogP contribution is 2.46. The van der Waals surface area contributed by atoms with Crippen LogP contribution in [0.15, 0.2) is 54.6 Å². The maximum absolute atomic E-state index is 12.9. The molecule has 2 atom stereocenters. The van der Waals surface area contributed by atoms with Crippen molar-refractivity contribution in [1.82, 2.24) is 10.2 Å². The van der Waals surface area contributed by atoms with E-state index in [2.05, 4.69) is 5.32 Å². The molecule has 0 radical (unpaired) electrons. The fourth-order valence-electron chi connectivity index (χ4n) is 4.13. The Bertz CT molecular complexity index is 898. The van der Waals surface area contributed by atoms with E-state index in [0.29, 0.717) is 30.1 Å². The summed E-state index contributed by atoms with van der Waals surface area (Å²) in [5.41, 5.74) is -0.191. The van der Waals surface area contributed by atoms with Gasteiger partial charge in [-0.05, 0) is 43.2 Å². The average Bonchev–Trinajstić information content (AvgIpc) is 2.71. The number of aliphatic hydroxyl groups is 1. The zero-order chi connectivity index (χ0) is 21.9. The predicted molar refractivity (Wildman–Crippen MR) is 118 cm³/mol. The first-order valence-corrected chi connectivity index (χ1v) is 10.6. The van der Waals surface area contributed by atoms with E-state index >= 15 is 0 Å². The second-order valence-electron chi connectivity index (χ2n) is 8.76. The van der Waals surface area contributed by atoms with E-state index in [-0.39, 0.29) is 24.3 Å². The van der Waals surface area contributed by atoms with Crippen LogP contribution in [0.5, 0.6) is 0 Å². The van der Waals surface area contributed by atoms with Gasteiger partial charge in [-0.3, -0.25) is 9.59 Å². The van der Waals surface area contributed by atoms with Crippen LogP contribution in [0.1, 0.15) is 49.5 Å². The Morgan fingerprint density at radius 2 is 1.77 bits per heavy atom. The average molecular weight is 429 g/mol. The summed E-state index contributed by atoms with van der Waals surface area (Å²) in [5, 5.41) is 15.0. The summed E-state index contributed by atoms with van der Waals surface area (Å²) in [4.78, 5) is 27.0. The van der Waals surface area contributed by atoms with Crippen molar-refractivity contribution in [2.24, 2.45) is 5.41 Å². The van der Waals surface area contributed by atoms with Crippen LogP contribution < -0.4 is 5.32 Å². The van der Waals surface area contributed by atoms with Crippen molar-refractivity contribution in [3.8, 4) is 0 Å². The van der Waals surface area contributed by atoms with Gasteiger partial charge in [-0.15, -0.1) is 0 Å². The van der Waals surface area contributed by atoms with Crippen molar-refractivity contribution in [3.63, 3.8) is 0 Å². The third-order valence-electron chi connectivity index (χ3n) is 6.02. The van der Waals surface area contributed by atoms with Gasteiger partial charge in [0.05, 0.1) is 5.60 Å². The zero-order valence-electron chi connectivity index (χ0n) is 17.7. The topological polar surface area (TPSA) is 69.6 Å². The molecule has 1 heterocycles. The third-order valence-corrected chi connectivity index (χ3v) is 6.27. The Hall–Kier alpha value is -2.37. The summed E-state index contributed by atoms with van der Waals surface area (Å²) < 4.78 is 0. The number of rotatable bonds is 5. The van der Waals surface area contributed by atoms with Gasteiger partial charge in [0.2, 0.25) is 5.91 Å². The molecule has 30 heavy (non-hydrogen) atoms. The van der Waals surface area contributed by atoms with Gasteiger partial charge in [-0.25, -0.2) is 0 Å². The summed E-state index contributed by atoms with van der Waals surface area (Å²) in [6.45, 7) is 6.67. The first-order chi connectivity index (χ1) is 14.1. The van der Waals surface area contributed by atoms with Crippen LogP contribution in [0.2, 0.25) is 5.02 Å². The molecular formula is C24H29ClN2O3. The van der Waals surface area contributed by atoms with Crippen LogP contribution in [0.25, 0.3) is 0 Å². The third kappa shape index (κ3) is 4.68. The highest BCUT2D eigenvalue weighted by Gasteiger charge is 2.49. The quantitative estimate of drug-likeness (QED) is 0.756. The zero-order valence-corrected chi connectivity index (χ0v) is 18.4. The van der Waals surface area contributed by atoms with E-state index < -0.39 is 11.0 Å². The number of piperidine rings is 1. The highest BCUT2D eigenvalue weighted by atomic mass is 35.5. The summed E-state index contributed by atoms with van der Waals surface area (Å²) in [6, 6.07) is 15.9. The normalized spacial score (nSPS) is 21.7. The molecule has 1 aliphatic rings. The lowest BCUT2D eigenvalue weighted by Gasteiger charge is -2.50. The molecule has 0 spiro atoms.